The molecular weight excluding hydrogens is 300 g/mol. The Morgan fingerprint density at radius 1 is 1.30 bits per heavy atom. The monoisotopic (exact) mass is 323 g/mol. The fourth-order valence-corrected chi connectivity index (χ4v) is 1.82. The number of carbonyl (C=O) groups is 3. The van der Waals surface area contributed by atoms with Crippen LogP contribution >= 0.6 is 0 Å². The molecule has 4 amide bonds. The largest absolute Gasteiger partial charge is 0.497 e. The number of hydrogen-bond donors (Lipinski definition) is 4. The highest BCUT2D eigenvalue weighted by atomic mass is 16.5. The number of quaternary nitrogens is 1. The van der Waals surface area contributed by atoms with Crippen LogP contribution in [0.1, 0.15) is 6.92 Å². The van der Waals surface area contributed by atoms with Gasteiger partial charge in [0, 0.05) is 18.8 Å². The highest BCUT2D eigenvalue weighted by molar-refractivity contribution is 5.96. The van der Waals surface area contributed by atoms with Gasteiger partial charge in [0.05, 0.1) is 14.2 Å². The number of carbonyl (C=O) groups excluding carboxylic acids is 3. The standard InChI is InChI=1S/C15H22N4O4/c1-10(14(21)18-15(22)16-2)19(3)9-13(20)17-11-6-5-7-12(8-11)23-4/h5-8,10H,9H2,1-4H3,(H,17,20)(H2,16,18,21,22)/p+1/t10-/m0/s1. The molecule has 8 heteroatoms. The zero-order valence-electron chi connectivity index (χ0n) is 13.7. The molecule has 0 aromatic heterocycles. The van der Waals surface area contributed by atoms with Crippen LogP contribution in [0.2, 0.25) is 0 Å². The number of benzene rings is 1. The Balaban J connectivity index is 2.55. The van der Waals surface area contributed by atoms with Crippen LogP contribution in [0, 0.1) is 0 Å². The molecule has 1 unspecified atom stereocenters. The van der Waals surface area contributed by atoms with E-state index in [1.807, 2.05) is 0 Å². The summed E-state index contributed by atoms with van der Waals surface area (Å²) in [4.78, 5) is 35.7. The van der Waals surface area contributed by atoms with Gasteiger partial charge in [-0.2, -0.15) is 0 Å². The maximum absolute atomic E-state index is 12.0. The summed E-state index contributed by atoms with van der Waals surface area (Å²) >= 11 is 0. The summed E-state index contributed by atoms with van der Waals surface area (Å²) in [6, 6.07) is 5.87. The van der Waals surface area contributed by atoms with Gasteiger partial charge in [0.15, 0.2) is 12.6 Å². The second-order valence-electron chi connectivity index (χ2n) is 5.09. The molecule has 1 rings (SSSR count). The van der Waals surface area contributed by atoms with E-state index in [2.05, 4.69) is 16.0 Å². The summed E-state index contributed by atoms with van der Waals surface area (Å²) < 4.78 is 5.09. The first kappa shape index (κ1) is 18.4. The van der Waals surface area contributed by atoms with E-state index in [0.29, 0.717) is 16.3 Å². The van der Waals surface area contributed by atoms with Crippen molar-refractivity contribution < 1.29 is 24.0 Å². The van der Waals surface area contributed by atoms with Crippen LogP contribution in [-0.2, 0) is 9.59 Å². The van der Waals surface area contributed by atoms with Gasteiger partial charge in [-0.15, -0.1) is 0 Å². The Bertz CT molecular complexity index is 576. The number of rotatable bonds is 6. The van der Waals surface area contributed by atoms with Crippen LogP contribution in [0.4, 0.5) is 10.5 Å². The fraction of sp³-hybridized carbons (Fsp3) is 0.400. The van der Waals surface area contributed by atoms with Crippen molar-refractivity contribution in [2.75, 3.05) is 33.1 Å². The zero-order chi connectivity index (χ0) is 17.4. The summed E-state index contributed by atoms with van der Waals surface area (Å²) in [7, 11) is 4.68. The molecule has 8 nitrogen and oxygen atoms in total. The topological polar surface area (TPSA) is 101 Å². The molecule has 1 aromatic carbocycles. The number of methoxy groups -OCH3 is 1. The van der Waals surface area contributed by atoms with Crippen molar-refractivity contribution in [3.05, 3.63) is 24.3 Å². The molecule has 0 spiro atoms. The van der Waals surface area contributed by atoms with Crippen molar-refractivity contribution in [1.29, 1.82) is 0 Å². The highest BCUT2D eigenvalue weighted by Gasteiger charge is 2.25. The van der Waals surface area contributed by atoms with Gasteiger partial charge in [-0.3, -0.25) is 14.9 Å². The Morgan fingerprint density at radius 3 is 2.61 bits per heavy atom. The Kier molecular flexibility index (Phi) is 7.01. The Hall–Kier alpha value is -2.61. The van der Waals surface area contributed by atoms with Gasteiger partial charge in [-0.05, 0) is 19.1 Å². The number of likely N-dealkylation sites (N-methyl/N-ethyl adjacent to an activating group) is 1. The van der Waals surface area contributed by atoms with Gasteiger partial charge < -0.3 is 20.3 Å². The number of ether oxygens (including phenoxy) is 1. The molecule has 0 heterocycles. The maximum Gasteiger partial charge on any atom is 0.321 e. The summed E-state index contributed by atoms with van der Waals surface area (Å²) in [5.41, 5.74) is 0.615. The van der Waals surface area contributed by atoms with Crippen molar-refractivity contribution in [2.45, 2.75) is 13.0 Å². The third kappa shape index (κ3) is 5.95. The first-order chi connectivity index (χ1) is 10.9. The molecule has 0 aliphatic rings. The lowest BCUT2D eigenvalue weighted by Crippen LogP contribution is -3.15. The molecule has 126 valence electrons. The number of imide groups is 1. The molecule has 0 bridgehead atoms. The average Bonchev–Trinajstić information content (AvgIpc) is 2.53. The lowest BCUT2D eigenvalue weighted by atomic mass is 10.2. The number of nitrogens with one attached hydrogen (secondary N) is 4. The smallest absolute Gasteiger partial charge is 0.321 e. The lowest BCUT2D eigenvalue weighted by Gasteiger charge is -2.20. The molecule has 0 aliphatic carbocycles. The van der Waals surface area contributed by atoms with Crippen LogP contribution in [0.3, 0.4) is 0 Å². The molecule has 1 aromatic rings. The Labute approximate surface area is 135 Å². The minimum absolute atomic E-state index is 0.0829. The van der Waals surface area contributed by atoms with Crippen LogP contribution < -0.4 is 25.6 Å². The van der Waals surface area contributed by atoms with Gasteiger partial charge in [-0.1, -0.05) is 6.07 Å². The molecule has 0 fully saturated rings. The molecular formula is C15H23N4O4+. The average molecular weight is 323 g/mol. The minimum Gasteiger partial charge on any atom is -0.497 e. The van der Waals surface area contributed by atoms with E-state index in [0.717, 1.165) is 0 Å². The first-order valence-corrected chi connectivity index (χ1v) is 7.16. The highest BCUT2D eigenvalue weighted by Crippen LogP contribution is 2.16. The third-order valence-electron chi connectivity index (χ3n) is 3.39. The van der Waals surface area contributed by atoms with E-state index in [1.165, 1.54) is 7.05 Å². The van der Waals surface area contributed by atoms with Gasteiger partial charge in [0.1, 0.15) is 5.75 Å². The summed E-state index contributed by atoms with van der Waals surface area (Å²) in [6.45, 7) is 1.73. The molecule has 0 aliphatic heterocycles. The first-order valence-electron chi connectivity index (χ1n) is 7.16. The molecule has 2 atom stereocenters. The number of urea groups is 1. The second-order valence-corrected chi connectivity index (χ2v) is 5.09. The van der Waals surface area contributed by atoms with Crippen molar-refractivity contribution in [3.63, 3.8) is 0 Å². The van der Waals surface area contributed by atoms with Crippen LogP contribution in [0.25, 0.3) is 0 Å². The van der Waals surface area contributed by atoms with Crippen LogP contribution in [0.5, 0.6) is 5.75 Å². The van der Waals surface area contributed by atoms with E-state index in [1.54, 1.807) is 45.3 Å². The SMILES string of the molecule is CNC(=O)NC(=O)[C@H](C)[NH+](C)CC(=O)Nc1cccc(OC)c1. The maximum atomic E-state index is 12.0. The predicted molar refractivity (Wildman–Crippen MR) is 85.4 cm³/mol. The van der Waals surface area contributed by atoms with E-state index in [-0.39, 0.29) is 12.5 Å². The van der Waals surface area contributed by atoms with Crippen LogP contribution in [0.15, 0.2) is 24.3 Å². The number of amides is 4. The van der Waals surface area contributed by atoms with Gasteiger partial charge >= 0.3 is 6.03 Å². The fourth-order valence-electron chi connectivity index (χ4n) is 1.82. The van der Waals surface area contributed by atoms with E-state index < -0.39 is 18.0 Å². The third-order valence-corrected chi connectivity index (χ3v) is 3.39. The summed E-state index contributed by atoms with van der Waals surface area (Å²) in [5.74, 6) is -0.0480. The number of anilines is 1. The van der Waals surface area contributed by atoms with Gasteiger partial charge in [-0.25, -0.2) is 4.79 Å². The summed E-state index contributed by atoms with van der Waals surface area (Å²) in [5, 5.41) is 7.24. The van der Waals surface area contributed by atoms with Crippen molar-refractivity contribution in [2.24, 2.45) is 0 Å². The molecule has 4 N–H and O–H groups in total. The number of hydrogen-bond acceptors (Lipinski definition) is 4. The van der Waals surface area contributed by atoms with Crippen LogP contribution in [-0.4, -0.2) is 51.6 Å². The predicted octanol–water partition coefficient (Wildman–Crippen LogP) is -1.01. The molecule has 0 saturated heterocycles. The summed E-state index contributed by atoms with van der Waals surface area (Å²) in [6.07, 6.45) is 0. The van der Waals surface area contributed by atoms with E-state index in [4.69, 9.17) is 4.74 Å². The quantitative estimate of drug-likeness (QED) is 0.539. The van der Waals surface area contributed by atoms with Gasteiger partial charge in [0.25, 0.3) is 11.8 Å². The molecule has 0 saturated carbocycles. The minimum atomic E-state index is -0.574. The van der Waals surface area contributed by atoms with E-state index in [9.17, 15) is 14.4 Å². The van der Waals surface area contributed by atoms with E-state index >= 15 is 0 Å². The Morgan fingerprint density at radius 2 is 2.00 bits per heavy atom. The molecule has 23 heavy (non-hydrogen) atoms. The molecule has 0 radical (unpaired) electrons. The van der Waals surface area contributed by atoms with Gasteiger partial charge in [0.2, 0.25) is 0 Å². The van der Waals surface area contributed by atoms with Crippen molar-refractivity contribution in [3.8, 4) is 5.75 Å². The second kappa shape index (κ2) is 8.74. The lowest BCUT2D eigenvalue weighted by molar-refractivity contribution is -0.885. The normalized spacial score (nSPS) is 12.7. The van der Waals surface area contributed by atoms with Crippen molar-refractivity contribution in [1.82, 2.24) is 10.6 Å². The zero-order valence-corrected chi connectivity index (χ0v) is 13.7. The van der Waals surface area contributed by atoms with Crippen molar-refractivity contribution >= 4 is 23.5 Å².